The van der Waals surface area contributed by atoms with Crippen molar-refractivity contribution in [2.45, 2.75) is 70.3 Å². The molecular formula is C18H37IN4O. The number of nitrogens with one attached hydrogen (secondary N) is 2. The van der Waals surface area contributed by atoms with Crippen LogP contribution in [0.5, 0.6) is 0 Å². The molecular weight excluding hydrogens is 415 g/mol. The van der Waals surface area contributed by atoms with Gasteiger partial charge in [0, 0.05) is 13.1 Å². The van der Waals surface area contributed by atoms with E-state index in [1.165, 1.54) is 45.3 Å². The normalized spacial score (nSPS) is 21.8. The summed E-state index contributed by atoms with van der Waals surface area (Å²) in [6, 6.07) is 0. The highest BCUT2D eigenvalue weighted by Gasteiger charge is 2.30. The number of hydrogen-bond acceptors (Lipinski definition) is 3. The van der Waals surface area contributed by atoms with Crippen molar-refractivity contribution in [3.63, 3.8) is 0 Å². The van der Waals surface area contributed by atoms with Crippen LogP contribution in [0.4, 0.5) is 0 Å². The van der Waals surface area contributed by atoms with E-state index in [2.05, 4.69) is 27.4 Å². The van der Waals surface area contributed by atoms with E-state index >= 15 is 0 Å². The third-order valence-corrected chi connectivity index (χ3v) is 5.05. The summed E-state index contributed by atoms with van der Waals surface area (Å²) in [6.45, 7) is 8.11. The van der Waals surface area contributed by atoms with Gasteiger partial charge in [-0.25, -0.2) is 0 Å². The van der Waals surface area contributed by atoms with Crippen LogP contribution in [0.1, 0.15) is 64.7 Å². The molecule has 0 aromatic rings. The van der Waals surface area contributed by atoms with Crippen molar-refractivity contribution in [3.8, 4) is 0 Å². The highest BCUT2D eigenvalue weighted by atomic mass is 127. The number of hydrogen-bond donors (Lipinski definition) is 3. The lowest BCUT2D eigenvalue weighted by atomic mass is 10.0. The molecule has 142 valence electrons. The van der Waals surface area contributed by atoms with Crippen molar-refractivity contribution < 1.29 is 5.11 Å². The van der Waals surface area contributed by atoms with E-state index in [0.717, 1.165) is 51.2 Å². The van der Waals surface area contributed by atoms with Crippen molar-refractivity contribution in [2.75, 3.05) is 39.3 Å². The highest BCUT2D eigenvalue weighted by molar-refractivity contribution is 14.0. The monoisotopic (exact) mass is 452 g/mol. The number of guanidine groups is 1. The van der Waals surface area contributed by atoms with Gasteiger partial charge in [-0.2, -0.15) is 0 Å². The fourth-order valence-electron chi connectivity index (χ4n) is 3.63. The van der Waals surface area contributed by atoms with E-state index in [4.69, 9.17) is 0 Å². The standard InChI is InChI=1S/C18H36N4O.HI/c1-2-19-17(21-16-18(23)10-5-6-11-18)20-12-9-15-22-13-7-3-4-8-14-22;/h23H,2-16H2,1H3,(H2,19,20,21);1H. The first-order chi connectivity index (χ1) is 11.2. The molecule has 1 saturated heterocycles. The second-order valence-electron chi connectivity index (χ2n) is 7.16. The van der Waals surface area contributed by atoms with Crippen molar-refractivity contribution in [1.82, 2.24) is 15.5 Å². The Bertz CT molecular complexity index is 351. The average Bonchev–Trinajstić information content (AvgIpc) is 2.82. The molecule has 6 heteroatoms. The second kappa shape index (κ2) is 12.3. The Morgan fingerprint density at radius 3 is 2.33 bits per heavy atom. The van der Waals surface area contributed by atoms with Crippen LogP contribution < -0.4 is 10.6 Å². The molecule has 2 rings (SSSR count). The Morgan fingerprint density at radius 2 is 1.71 bits per heavy atom. The first-order valence-electron chi connectivity index (χ1n) is 9.69. The van der Waals surface area contributed by atoms with Gasteiger partial charge in [-0.1, -0.05) is 25.7 Å². The lowest BCUT2D eigenvalue weighted by Gasteiger charge is -2.21. The summed E-state index contributed by atoms with van der Waals surface area (Å²) >= 11 is 0. The molecule has 0 aromatic carbocycles. The fraction of sp³-hybridized carbons (Fsp3) is 0.944. The van der Waals surface area contributed by atoms with Gasteiger partial charge >= 0.3 is 0 Å². The third-order valence-electron chi connectivity index (χ3n) is 5.05. The predicted octanol–water partition coefficient (Wildman–Crippen LogP) is 2.73. The molecule has 1 heterocycles. The largest absolute Gasteiger partial charge is 0.388 e. The van der Waals surface area contributed by atoms with Gasteiger partial charge in [0.25, 0.3) is 0 Å². The molecule has 2 fully saturated rings. The van der Waals surface area contributed by atoms with Gasteiger partial charge in [0.1, 0.15) is 0 Å². The summed E-state index contributed by atoms with van der Waals surface area (Å²) in [4.78, 5) is 7.19. The molecule has 1 aliphatic heterocycles. The molecule has 0 spiro atoms. The van der Waals surface area contributed by atoms with Gasteiger partial charge < -0.3 is 20.6 Å². The minimum Gasteiger partial charge on any atom is -0.388 e. The molecule has 0 radical (unpaired) electrons. The van der Waals surface area contributed by atoms with Crippen LogP contribution >= 0.6 is 24.0 Å². The van der Waals surface area contributed by atoms with E-state index < -0.39 is 5.60 Å². The van der Waals surface area contributed by atoms with E-state index in [0.29, 0.717) is 6.54 Å². The Kier molecular flexibility index (Phi) is 11.3. The van der Waals surface area contributed by atoms with Gasteiger partial charge in [0.2, 0.25) is 0 Å². The first kappa shape index (κ1) is 22.0. The molecule has 1 saturated carbocycles. The number of aliphatic hydroxyl groups is 1. The highest BCUT2D eigenvalue weighted by Crippen LogP contribution is 2.29. The number of likely N-dealkylation sites (tertiary alicyclic amines) is 1. The van der Waals surface area contributed by atoms with Crippen LogP contribution in [0.15, 0.2) is 4.99 Å². The first-order valence-corrected chi connectivity index (χ1v) is 9.69. The SMILES string of the molecule is CCNC(=NCC1(O)CCCC1)NCCCN1CCCCCC1.I. The molecule has 24 heavy (non-hydrogen) atoms. The summed E-state index contributed by atoms with van der Waals surface area (Å²) in [5.74, 6) is 0.851. The number of rotatable bonds is 7. The van der Waals surface area contributed by atoms with Crippen LogP contribution in [0, 0.1) is 0 Å². The Hall–Kier alpha value is -0.0800. The summed E-state index contributed by atoms with van der Waals surface area (Å²) in [7, 11) is 0. The van der Waals surface area contributed by atoms with Gasteiger partial charge in [0.15, 0.2) is 5.96 Å². The zero-order valence-electron chi connectivity index (χ0n) is 15.4. The van der Waals surface area contributed by atoms with E-state index in [1.54, 1.807) is 0 Å². The smallest absolute Gasteiger partial charge is 0.191 e. The van der Waals surface area contributed by atoms with E-state index in [-0.39, 0.29) is 24.0 Å². The Balaban J connectivity index is 0.00000288. The number of halogens is 1. The molecule has 0 atom stereocenters. The second-order valence-corrected chi connectivity index (χ2v) is 7.16. The lowest BCUT2D eigenvalue weighted by molar-refractivity contribution is 0.0574. The zero-order valence-corrected chi connectivity index (χ0v) is 17.7. The summed E-state index contributed by atoms with van der Waals surface area (Å²) < 4.78 is 0. The zero-order chi connectivity index (χ0) is 16.4. The van der Waals surface area contributed by atoms with Crippen LogP contribution in [-0.4, -0.2) is 60.8 Å². The van der Waals surface area contributed by atoms with Gasteiger partial charge in [-0.05, 0) is 58.7 Å². The van der Waals surface area contributed by atoms with Gasteiger partial charge in [-0.3, -0.25) is 4.99 Å². The van der Waals surface area contributed by atoms with Crippen molar-refractivity contribution in [2.24, 2.45) is 4.99 Å². The molecule has 0 aromatic heterocycles. The maximum atomic E-state index is 10.4. The van der Waals surface area contributed by atoms with Crippen molar-refractivity contribution >= 4 is 29.9 Å². The van der Waals surface area contributed by atoms with Crippen LogP contribution in [0.3, 0.4) is 0 Å². The molecule has 3 N–H and O–H groups in total. The molecule has 5 nitrogen and oxygen atoms in total. The lowest BCUT2D eigenvalue weighted by Crippen LogP contribution is -2.40. The quantitative estimate of drug-likeness (QED) is 0.241. The fourth-order valence-corrected chi connectivity index (χ4v) is 3.63. The van der Waals surface area contributed by atoms with Gasteiger partial charge in [-0.15, -0.1) is 24.0 Å². The predicted molar refractivity (Wildman–Crippen MR) is 112 cm³/mol. The summed E-state index contributed by atoms with van der Waals surface area (Å²) in [6.07, 6.45) is 10.7. The maximum absolute atomic E-state index is 10.4. The summed E-state index contributed by atoms with van der Waals surface area (Å²) in [5, 5.41) is 17.1. The van der Waals surface area contributed by atoms with Crippen LogP contribution in [-0.2, 0) is 0 Å². The molecule has 0 unspecified atom stereocenters. The summed E-state index contributed by atoms with van der Waals surface area (Å²) in [5.41, 5.74) is -0.561. The topological polar surface area (TPSA) is 59.9 Å². The number of nitrogens with zero attached hydrogens (tertiary/aromatic N) is 2. The third kappa shape index (κ3) is 8.34. The Labute approximate surface area is 165 Å². The van der Waals surface area contributed by atoms with E-state index in [1.807, 2.05) is 0 Å². The molecule has 1 aliphatic carbocycles. The molecule has 0 bridgehead atoms. The van der Waals surface area contributed by atoms with Crippen LogP contribution in [0.25, 0.3) is 0 Å². The minimum atomic E-state index is -0.561. The molecule has 2 aliphatic rings. The van der Waals surface area contributed by atoms with E-state index in [9.17, 15) is 5.11 Å². The van der Waals surface area contributed by atoms with Crippen LogP contribution in [0.2, 0.25) is 0 Å². The average molecular weight is 452 g/mol. The van der Waals surface area contributed by atoms with Gasteiger partial charge in [0.05, 0.1) is 12.1 Å². The Morgan fingerprint density at radius 1 is 1.04 bits per heavy atom. The van der Waals surface area contributed by atoms with Crippen molar-refractivity contribution in [3.05, 3.63) is 0 Å². The minimum absolute atomic E-state index is 0. The molecule has 0 amide bonds. The maximum Gasteiger partial charge on any atom is 0.191 e. The number of aliphatic imine (C=N–C) groups is 1. The van der Waals surface area contributed by atoms with Crippen molar-refractivity contribution in [1.29, 1.82) is 0 Å².